The summed E-state index contributed by atoms with van der Waals surface area (Å²) < 4.78 is 40.4. The minimum absolute atomic E-state index is 0.267. The van der Waals surface area contributed by atoms with Gasteiger partial charge in [-0.3, -0.25) is 0 Å². The van der Waals surface area contributed by atoms with Crippen molar-refractivity contribution in [1.82, 2.24) is 10.3 Å². The third-order valence-electron chi connectivity index (χ3n) is 2.41. The summed E-state index contributed by atoms with van der Waals surface area (Å²) in [7, 11) is 0. The van der Waals surface area contributed by atoms with Crippen LogP contribution >= 0.6 is 0 Å². The van der Waals surface area contributed by atoms with Gasteiger partial charge in [0, 0.05) is 18.3 Å². The van der Waals surface area contributed by atoms with Crippen molar-refractivity contribution in [3.8, 4) is 5.88 Å². The smallest absolute Gasteiger partial charge is 0.400 e. The topological polar surface area (TPSA) is 51.2 Å². The van der Waals surface area contributed by atoms with Crippen molar-refractivity contribution in [2.45, 2.75) is 19.1 Å². The zero-order valence-corrected chi connectivity index (χ0v) is 8.67. The highest BCUT2D eigenvalue weighted by Gasteiger charge is 2.42. The van der Waals surface area contributed by atoms with E-state index in [2.05, 4.69) is 15.0 Å². The molecule has 0 saturated heterocycles. The van der Waals surface area contributed by atoms with Crippen LogP contribution in [0.4, 0.5) is 13.2 Å². The van der Waals surface area contributed by atoms with E-state index in [9.17, 15) is 18.0 Å². The molecule has 0 aliphatic carbocycles. The number of carbonyl (C=O) groups is 1. The maximum Gasteiger partial charge on any atom is 0.491 e. The second-order valence-electron chi connectivity index (χ2n) is 3.57. The second-order valence-corrected chi connectivity index (χ2v) is 3.57. The fraction of sp³-hybridized carbons (Fsp3) is 0.400. The lowest BCUT2D eigenvalue weighted by molar-refractivity contribution is -0.190. The number of pyridine rings is 1. The number of nitrogens with zero attached hydrogens (tertiary/aromatic N) is 1. The highest BCUT2D eigenvalue weighted by Crippen LogP contribution is 2.25. The van der Waals surface area contributed by atoms with Crippen LogP contribution in [0.2, 0.25) is 0 Å². The Hall–Kier alpha value is -1.63. The molecule has 0 amide bonds. The van der Waals surface area contributed by atoms with Gasteiger partial charge >= 0.3 is 12.1 Å². The van der Waals surface area contributed by atoms with E-state index in [0.29, 0.717) is 18.5 Å². The van der Waals surface area contributed by atoms with E-state index >= 15 is 0 Å². The van der Waals surface area contributed by atoms with E-state index in [0.717, 1.165) is 12.1 Å². The lowest BCUT2D eigenvalue weighted by Gasteiger charge is -2.18. The van der Waals surface area contributed by atoms with Crippen LogP contribution in [0, 0.1) is 0 Å². The maximum absolute atomic E-state index is 12.0. The van der Waals surface area contributed by atoms with Crippen molar-refractivity contribution in [2.75, 3.05) is 6.54 Å². The Morgan fingerprint density at radius 1 is 1.47 bits per heavy atom. The Bertz CT molecular complexity index is 446. The first-order chi connectivity index (χ1) is 7.98. The van der Waals surface area contributed by atoms with Crippen LogP contribution in [0.5, 0.6) is 5.88 Å². The van der Waals surface area contributed by atoms with Crippen molar-refractivity contribution >= 4 is 5.97 Å². The number of rotatable bonds is 1. The average molecular weight is 246 g/mol. The van der Waals surface area contributed by atoms with Crippen molar-refractivity contribution in [3.63, 3.8) is 0 Å². The lowest BCUT2D eigenvalue weighted by Crippen LogP contribution is -2.30. The molecule has 17 heavy (non-hydrogen) atoms. The summed E-state index contributed by atoms with van der Waals surface area (Å²) in [5, 5.41) is 2.98. The van der Waals surface area contributed by atoms with Crippen molar-refractivity contribution in [1.29, 1.82) is 0 Å². The number of esters is 1. The first-order valence-electron chi connectivity index (χ1n) is 4.95. The van der Waals surface area contributed by atoms with Crippen molar-refractivity contribution < 1.29 is 22.7 Å². The molecule has 0 spiro atoms. The van der Waals surface area contributed by atoms with Gasteiger partial charge in [0.25, 0.3) is 0 Å². The summed E-state index contributed by atoms with van der Waals surface area (Å²) in [6.45, 7) is 1.09. The molecule has 0 unspecified atom stereocenters. The number of aromatic nitrogens is 1. The summed E-state index contributed by atoms with van der Waals surface area (Å²) in [5.41, 5.74) is 1.36. The third-order valence-corrected chi connectivity index (χ3v) is 2.41. The molecular weight excluding hydrogens is 237 g/mol. The number of fused-ring (bicyclic) bond motifs is 1. The van der Waals surface area contributed by atoms with Gasteiger partial charge in [-0.1, -0.05) is 0 Å². The number of hydrogen-bond acceptors (Lipinski definition) is 4. The van der Waals surface area contributed by atoms with Crippen LogP contribution in [-0.4, -0.2) is 23.7 Å². The van der Waals surface area contributed by atoms with E-state index in [-0.39, 0.29) is 5.88 Å². The molecule has 0 fully saturated rings. The lowest BCUT2D eigenvalue weighted by atomic mass is 10.0. The van der Waals surface area contributed by atoms with Crippen LogP contribution in [0.3, 0.4) is 0 Å². The first kappa shape index (κ1) is 11.8. The summed E-state index contributed by atoms with van der Waals surface area (Å²) in [5.74, 6) is -2.51. The summed E-state index contributed by atoms with van der Waals surface area (Å²) in [6, 6.07) is 1.71. The molecule has 7 heteroatoms. The number of alkyl halides is 3. The summed E-state index contributed by atoms with van der Waals surface area (Å²) in [4.78, 5) is 14.4. The van der Waals surface area contributed by atoms with E-state index < -0.39 is 12.1 Å². The number of carbonyl (C=O) groups excluding carboxylic acids is 1. The average Bonchev–Trinajstić information content (AvgIpc) is 2.28. The van der Waals surface area contributed by atoms with Crippen molar-refractivity contribution in [2.24, 2.45) is 0 Å². The normalized spacial score (nSPS) is 15.2. The van der Waals surface area contributed by atoms with Crippen LogP contribution in [0.1, 0.15) is 11.1 Å². The van der Waals surface area contributed by atoms with E-state index in [4.69, 9.17) is 0 Å². The molecule has 0 aromatic carbocycles. The molecule has 1 aromatic heterocycles. The maximum atomic E-state index is 12.0. The molecule has 2 rings (SSSR count). The number of nitrogens with one attached hydrogen (secondary N) is 1. The molecule has 1 aliphatic rings. The van der Waals surface area contributed by atoms with Gasteiger partial charge in [-0.2, -0.15) is 13.2 Å². The Kier molecular flexibility index (Phi) is 3.01. The fourth-order valence-electron chi connectivity index (χ4n) is 1.60. The minimum Gasteiger partial charge on any atom is -0.400 e. The molecule has 1 aromatic rings. The standard InChI is InChI=1S/C10H9F3N2O2/c11-10(12,13)9(16)17-8-7-5-14-3-1-6(7)2-4-15-8/h2,4,14H,1,3,5H2. The van der Waals surface area contributed by atoms with E-state index in [1.54, 1.807) is 6.07 Å². The Balaban J connectivity index is 2.25. The molecule has 0 bridgehead atoms. The highest BCUT2D eigenvalue weighted by molar-refractivity contribution is 5.78. The van der Waals surface area contributed by atoms with Gasteiger partial charge in [0.15, 0.2) is 0 Å². The van der Waals surface area contributed by atoms with Crippen LogP contribution in [0.15, 0.2) is 12.3 Å². The highest BCUT2D eigenvalue weighted by atomic mass is 19.4. The summed E-state index contributed by atoms with van der Waals surface area (Å²) in [6.07, 6.45) is -3.00. The largest absolute Gasteiger partial charge is 0.491 e. The number of ether oxygens (including phenoxy) is 1. The second kappa shape index (κ2) is 4.33. The van der Waals surface area contributed by atoms with Gasteiger partial charge in [0.05, 0.1) is 0 Å². The fourth-order valence-corrected chi connectivity index (χ4v) is 1.60. The zero-order valence-electron chi connectivity index (χ0n) is 8.67. The Labute approximate surface area is 94.8 Å². The van der Waals surface area contributed by atoms with Gasteiger partial charge in [-0.05, 0) is 24.6 Å². The van der Waals surface area contributed by atoms with Crippen LogP contribution in [-0.2, 0) is 17.8 Å². The van der Waals surface area contributed by atoms with Crippen LogP contribution < -0.4 is 10.1 Å². The van der Waals surface area contributed by atoms with Gasteiger partial charge in [0.1, 0.15) is 0 Å². The molecule has 0 atom stereocenters. The van der Waals surface area contributed by atoms with Gasteiger partial charge in [-0.15, -0.1) is 0 Å². The monoisotopic (exact) mass is 246 g/mol. The Morgan fingerprint density at radius 3 is 2.94 bits per heavy atom. The van der Waals surface area contributed by atoms with Crippen molar-refractivity contribution in [3.05, 3.63) is 23.4 Å². The summed E-state index contributed by atoms with van der Waals surface area (Å²) >= 11 is 0. The molecule has 4 nitrogen and oxygen atoms in total. The third kappa shape index (κ3) is 2.55. The zero-order chi connectivity index (χ0) is 12.5. The SMILES string of the molecule is O=C(Oc1nccc2c1CNCC2)C(F)(F)F. The van der Waals surface area contributed by atoms with Gasteiger partial charge in [0.2, 0.25) is 5.88 Å². The van der Waals surface area contributed by atoms with Crippen LogP contribution in [0.25, 0.3) is 0 Å². The van der Waals surface area contributed by atoms with Gasteiger partial charge < -0.3 is 10.1 Å². The predicted molar refractivity (Wildman–Crippen MR) is 51.3 cm³/mol. The minimum atomic E-state index is -5.01. The molecular formula is C10H9F3N2O2. The Morgan fingerprint density at radius 2 is 2.24 bits per heavy atom. The van der Waals surface area contributed by atoms with E-state index in [1.807, 2.05) is 0 Å². The first-order valence-corrected chi connectivity index (χ1v) is 4.95. The molecule has 0 radical (unpaired) electrons. The number of hydrogen-bond donors (Lipinski definition) is 1. The number of halogens is 3. The molecule has 0 saturated carbocycles. The quantitative estimate of drug-likeness (QED) is 0.756. The molecule has 1 aliphatic heterocycles. The van der Waals surface area contributed by atoms with E-state index in [1.165, 1.54) is 6.20 Å². The predicted octanol–water partition coefficient (Wildman–Crippen LogP) is 1.20. The van der Waals surface area contributed by atoms with Gasteiger partial charge in [-0.25, -0.2) is 9.78 Å². The molecule has 2 heterocycles. The molecule has 92 valence electrons. The molecule has 1 N–H and O–H groups in total.